The van der Waals surface area contributed by atoms with Crippen molar-refractivity contribution < 1.29 is 0 Å². The highest BCUT2D eigenvalue weighted by Gasteiger charge is 2.12. The first-order chi connectivity index (χ1) is 10.8. The third-order valence-electron chi connectivity index (χ3n) is 3.79. The van der Waals surface area contributed by atoms with Crippen molar-refractivity contribution in [3.63, 3.8) is 0 Å². The quantitative estimate of drug-likeness (QED) is 0.847. The highest BCUT2D eigenvalue weighted by atomic mass is 14.8. The van der Waals surface area contributed by atoms with Crippen molar-refractivity contribution in [3.05, 3.63) is 65.7 Å². The van der Waals surface area contributed by atoms with Gasteiger partial charge in [-0.25, -0.2) is 4.98 Å². The van der Waals surface area contributed by atoms with E-state index >= 15 is 0 Å². The monoisotopic (exact) mass is 290 g/mol. The summed E-state index contributed by atoms with van der Waals surface area (Å²) in [5.41, 5.74) is 6.20. The van der Waals surface area contributed by atoms with Gasteiger partial charge in [0.25, 0.3) is 0 Å². The molecule has 0 atom stereocenters. The van der Waals surface area contributed by atoms with Crippen molar-refractivity contribution in [1.82, 2.24) is 15.3 Å². The van der Waals surface area contributed by atoms with Crippen LogP contribution in [0.2, 0.25) is 0 Å². The van der Waals surface area contributed by atoms with E-state index in [0.717, 1.165) is 35.3 Å². The van der Waals surface area contributed by atoms with Crippen molar-refractivity contribution in [2.45, 2.75) is 12.8 Å². The Morgan fingerprint density at radius 2 is 2.00 bits per heavy atom. The highest BCUT2D eigenvalue weighted by Crippen LogP contribution is 2.28. The van der Waals surface area contributed by atoms with Crippen LogP contribution < -0.4 is 5.32 Å². The number of rotatable bonds is 4. The van der Waals surface area contributed by atoms with Crippen LogP contribution in [0.15, 0.2) is 60.0 Å². The third kappa shape index (κ3) is 2.81. The number of allylic oxidation sites excluding steroid dienone is 5. The van der Waals surface area contributed by atoms with Crippen LogP contribution in [0.4, 0.5) is 0 Å². The summed E-state index contributed by atoms with van der Waals surface area (Å²) in [7, 11) is 1.88. The molecule has 0 amide bonds. The number of benzene rings is 1. The largest absolute Gasteiger partial charge is 0.388 e. The van der Waals surface area contributed by atoms with E-state index in [1.54, 1.807) is 6.08 Å². The molecule has 0 spiro atoms. The van der Waals surface area contributed by atoms with Crippen LogP contribution in [0.5, 0.6) is 0 Å². The fourth-order valence-electron chi connectivity index (χ4n) is 2.62. The maximum atomic E-state index is 7.20. The third-order valence-corrected chi connectivity index (χ3v) is 3.79. The minimum Gasteiger partial charge on any atom is -0.388 e. The van der Waals surface area contributed by atoms with Gasteiger partial charge in [-0.3, -0.25) is 4.98 Å². The maximum Gasteiger partial charge on any atom is 0.0894 e. The van der Waals surface area contributed by atoms with Gasteiger partial charge in [0, 0.05) is 19.0 Å². The van der Waals surface area contributed by atoms with Gasteiger partial charge >= 0.3 is 0 Å². The molecule has 0 saturated heterocycles. The predicted octanol–water partition coefficient (Wildman–Crippen LogP) is 3.49. The van der Waals surface area contributed by atoms with E-state index in [2.05, 4.69) is 22.5 Å². The normalized spacial score (nSPS) is 15.2. The van der Waals surface area contributed by atoms with Gasteiger partial charge in [0.1, 0.15) is 0 Å². The first kappa shape index (κ1) is 14.2. The molecule has 1 aromatic carbocycles. The van der Waals surface area contributed by atoms with Crippen LogP contribution in [0.1, 0.15) is 18.5 Å². The molecular formula is C18H18N4. The van der Waals surface area contributed by atoms with E-state index in [4.69, 9.17) is 10.4 Å². The maximum absolute atomic E-state index is 7.20. The van der Waals surface area contributed by atoms with Gasteiger partial charge in [-0.05, 0) is 42.2 Å². The number of fused-ring (bicyclic) bond motifs is 1. The Labute approximate surface area is 129 Å². The SMILES string of the molecule is CN/C(=C\C=N)C1=CC=C(c2cnc3ccccc3n2)CC1. The lowest BCUT2D eigenvalue weighted by atomic mass is 9.94. The molecule has 1 aliphatic carbocycles. The summed E-state index contributed by atoms with van der Waals surface area (Å²) in [6, 6.07) is 7.92. The van der Waals surface area contributed by atoms with Crippen molar-refractivity contribution >= 4 is 22.8 Å². The molecule has 2 N–H and O–H groups in total. The van der Waals surface area contributed by atoms with Crippen LogP contribution in [-0.4, -0.2) is 23.2 Å². The molecule has 4 heteroatoms. The summed E-state index contributed by atoms with van der Waals surface area (Å²) in [6.07, 6.45) is 11.0. The van der Waals surface area contributed by atoms with Gasteiger partial charge in [0.05, 0.1) is 22.9 Å². The topological polar surface area (TPSA) is 61.7 Å². The van der Waals surface area contributed by atoms with Crippen molar-refractivity contribution in [3.8, 4) is 0 Å². The van der Waals surface area contributed by atoms with E-state index < -0.39 is 0 Å². The van der Waals surface area contributed by atoms with Gasteiger partial charge in [-0.15, -0.1) is 0 Å². The number of aromatic nitrogens is 2. The number of hydrogen-bond donors (Lipinski definition) is 2. The molecule has 4 nitrogen and oxygen atoms in total. The fraction of sp³-hybridized carbons (Fsp3) is 0.167. The zero-order valence-electron chi connectivity index (χ0n) is 12.5. The first-order valence-electron chi connectivity index (χ1n) is 7.32. The smallest absolute Gasteiger partial charge is 0.0894 e. The predicted molar refractivity (Wildman–Crippen MR) is 90.8 cm³/mol. The molecule has 0 unspecified atom stereocenters. The van der Waals surface area contributed by atoms with Crippen molar-refractivity contribution in [2.24, 2.45) is 0 Å². The zero-order chi connectivity index (χ0) is 15.4. The molecule has 0 radical (unpaired) electrons. The first-order valence-corrected chi connectivity index (χ1v) is 7.32. The average Bonchev–Trinajstić information content (AvgIpc) is 2.59. The van der Waals surface area contributed by atoms with Gasteiger partial charge in [-0.2, -0.15) is 0 Å². The molecule has 1 heterocycles. The van der Waals surface area contributed by atoms with Crippen LogP contribution in [0, 0.1) is 5.41 Å². The summed E-state index contributed by atoms with van der Waals surface area (Å²) >= 11 is 0. The summed E-state index contributed by atoms with van der Waals surface area (Å²) in [6.45, 7) is 0. The minimum absolute atomic E-state index is 0.922. The Hall–Kier alpha value is -2.75. The molecule has 0 fully saturated rings. The highest BCUT2D eigenvalue weighted by molar-refractivity contribution is 5.77. The van der Waals surface area contributed by atoms with Crippen LogP contribution in [0.25, 0.3) is 16.6 Å². The lowest BCUT2D eigenvalue weighted by molar-refractivity contribution is 0.908. The van der Waals surface area contributed by atoms with E-state index in [1.807, 2.05) is 37.5 Å². The molecule has 0 aliphatic heterocycles. The molecule has 22 heavy (non-hydrogen) atoms. The standard InChI is InChI=1S/C18H18N4/c1-20-15(10-11-19)13-6-8-14(9-7-13)18-12-21-16-4-2-3-5-17(16)22-18/h2-6,8,10-12,19-20H,7,9H2,1H3/b15-10-,19-11?. The summed E-state index contributed by atoms with van der Waals surface area (Å²) in [4.78, 5) is 9.18. The van der Waals surface area contributed by atoms with Crippen LogP contribution in [0.3, 0.4) is 0 Å². The number of hydrogen-bond acceptors (Lipinski definition) is 4. The van der Waals surface area contributed by atoms with Crippen LogP contribution >= 0.6 is 0 Å². The molecule has 0 bridgehead atoms. The van der Waals surface area contributed by atoms with E-state index in [0.29, 0.717) is 0 Å². The Morgan fingerprint density at radius 3 is 2.68 bits per heavy atom. The molecule has 3 rings (SSSR count). The number of likely N-dealkylation sites (N-methyl/N-ethyl adjacent to an activating group) is 1. The average molecular weight is 290 g/mol. The lowest BCUT2D eigenvalue weighted by Crippen LogP contribution is -2.10. The van der Waals surface area contributed by atoms with E-state index in [-0.39, 0.29) is 0 Å². The number of nitrogens with zero attached hydrogens (tertiary/aromatic N) is 2. The van der Waals surface area contributed by atoms with Crippen LogP contribution in [-0.2, 0) is 0 Å². The van der Waals surface area contributed by atoms with Crippen molar-refractivity contribution in [2.75, 3.05) is 7.05 Å². The Bertz CT molecular complexity index is 800. The van der Waals surface area contributed by atoms with Crippen molar-refractivity contribution in [1.29, 1.82) is 5.41 Å². The zero-order valence-corrected chi connectivity index (χ0v) is 12.5. The Kier molecular flexibility index (Phi) is 4.10. The Morgan fingerprint density at radius 1 is 1.18 bits per heavy atom. The molecule has 2 aromatic rings. The number of nitrogens with one attached hydrogen (secondary N) is 2. The summed E-state index contributed by atoms with van der Waals surface area (Å²) in [5, 5.41) is 10.3. The van der Waals surface area contributed by atoms with Gasteiger partial charge in [-0.1, -0.05) is 24.3 Å². The minimum atomic E-state index is 0.922. The fourth-order valence-corrected chi connectivity index (χ4v) is 2.62. The molecule has 0 saturated carbocycles. The Balaban J connectivity index is 1.92. The molecular weight excluding hydrogens is 272 g/mol. The second-order valence-corrected chi connectivity index (χ2v) is 5.12. The lowest BCUT2D eigenvalue weighted by Gasteiger charge is -2.16. The van der Waals surface area contributed by atoms with Gasteiger partial charge in [0.2, 0.25) is 0 Å². The van der Waals surface area contributed by atoms with E-state index in [9.17, 15) is 0 Å². The number of para-hydroxylation sites is 2. The molecule has 1 aromatic heterocycles. The second-order valence-electron chi connectivity index (χ2n) is 5.12. The van der Waals surface area contributed by atoms with Gasteiger partial charge < -0.3 is 10.7 Å². The second kappa shape index (κ2) is 6.35. The molecule has 1 aliphatic rings. The van der Waals surface area contributed by atoms with E-state index in [1.165, 1.54) is 17.4 Å². The summed E-state index contributed by atoms with van der Waals surface area (Å²) in [5.74, 6) is 0. The summed E-state index contributed by atoms with van der Waals surface area (Å²) < 4.78 is 0. The van der Waals surface area contributed by atoms with Gasteiger partial charge in [0.15, 0.2) is 0 Å². The molecule has 110 valence electrons.